The average Bonchev–Trinajstić information content (AvgIpc) is 2.04. The predicted octanol–water partition coefficient (Wildman–Crippen LogP) is 2.64. The molecule has 0 aliphatic carbocycles. The van der Waals surface area contributed by atoms with Crippen molar-refractivity contribution in [2.24, 2.45) is 0 Å². The molecule has 0 aromatic rings. The molecule has 65 valence electrons. The molecule has 11 heavy (non-hydrogen) atoms. The van der Waals surface area contributed by atoms with E-state index in [2.05, 4.69) is 12.2 Å². The predicted molar refractivity (Wildman–Crippen MR) is 52.3 cm³/mol. The molecular formula is C7H14MoNS2. The van der Waals surface area contributed by atoms with Gasteiger partial charge in [0, 0.05) is 0 Å². The molecule has 0 aliphatic rings. The Labute approximate surface area is 88.7 Å². The Bertz CT molecular complexity index is 109. The summed E-state index contributed by atoms with van der Waals surface area (Å²) in [7, 11) is 1.62. The Morgan fingerprint density at radius 3 is 2.73 bits per heavy atom. The fourth-order valence-electron chi connectivity index (χ4n) is 0.772. The molecular weight excluding hydrogens is 258 g/mol. The Balaban J connectivity index is 2.95. The number of nitrogens with one attached hydrogen (secondary N) is 1. The van der Waals surface area contributed by atoms with Crippen LogP contribution in [0.15, 0.2) is 0 Å². The van der Waals surface area contributed by atoms with Crippen molar-refractivity contribution in [1.82, 2.24) is 5.32 Å². The number of hydrogen-bond acceptors (Lipinski definition) is 2. The monoisotopic (exact) mass is 274 g/mol. The van der Waals surface area contributed by atoms with E-state index in [4.69, 9.17) is 12.2 Å². The molecule has 0 aromatic heterocycles. The van der Waals surface area contributed by atoms with Crippen LogP contribution in [-0.4, -0.2) is 10.9 Å². The first kappa shape index (κ1) is 11.9. The first-order valence-corrected chi connectivity index (χ1v) is 7.49. The van der Waals surface area contributed by atoms with E-state index in [-0.39, 0.29) is 0 Å². The molecule has 0 spiro atoms. The van der Waals surface area contributed by atoms with Crippen molar-refractivity contribution >= 4 is 26.0 Å². The van der Waals surface area contributed by atoms with E-state index in [9.17, 15) is 0 Å². The quantitative estimate of drug-likeness (QED) is 0.469. The molecule has 4 heteroatoms. The van der Waals surface area contributed by atoms with Gasteiger partial charge in [-0.05, 0) is 0 Å². The molecule has 0 saturated carbocycles. The van der Waals surface area contributed by atoms with E-state index in [1.54, 1.807) is 9.47 Å². The van der Waals surface area contributed by atoms with Crippen LogP contribution in [0.1, 0.15) is 32.6 Å². The van der Waals surface area contributed by atoms with Crippen LogP contribution in [0.4, 0.5) is 0 Å². The van der Waals surface area contributed by atoms with Gasteiger partial charge in [0.2, 0.25) is 0 Å². The van der Waals surface area contributed by atoms with Crippen molar-refractivity contribution in [2.75, 3.05) is 6.54 Å². The second kappa shape index (κ2) is 9.02. The first-order chi connectivity index (χ1) is 5.31. The molecule has 0 fully saturated rings. The third kappa shape index (κ3) is 8.84. The van der Waals surface area contributed by atoms with Gasteiger partial charge < -0.3 is 0 Å². The Hall–Kier alpha value is 0.928. The molecule has 0 rings (SSSR count). The minimum atomic E-state index is 0.922. The third-order valence-electron chi connectivity index (χ3n) is 1.38. The zero-order valence-corrected chi connectivity index (χ0v) is 10.4. The standard InChI is InChI=1S/C7H15NS2.Mo/c1-2-3-4-5-6-8-7(9)10;/h2-6H2,1H3,(H2,8,9,10);/q;+1/p-1. The average molecular weight is 272 g/mol. The number of unbranched alkanes of at least 4 members (excludes halogenated alkanes) is 3. The maximum atomic E-state index is 4.99. The molecule has 0 amide bonds. The molecule has 0 radical (unpaired) electrons. The Morgan fingerprint density at radius 1 is 1.45 bits per heavy atom. The van der Waals surface area contributed by atoms with Crippen LogP contribution >= 0.6 is 21.7 Å². The van der Waals surface area contributed by atoms with Crippen molar-refractivity contribution in [3.8, 4) is 0 Å². The van der Waals surface area contributed by atoms with Gasteiger partial charge in [-0.2, -0.15) is 0 Å². The van der Waals surface area contributed by atoms with E-state index in [0.29, 0.717) is 0 Å². The van der Waals surface area contributed by atoms with Gasteiger partial charge in [-0.15, -0.1) is 0 Å². The topological polar surface area (TPSA) is 12.0 Å². The van der Waals surface area contributed by atoms with Crippen LogP contribution in [-0.2, 0) is 18.5 Å². The van der Waals surface area contributed by atoms with Crippen molar-refractivity contribution in [2.45, 2.75) is 32.6 Å². The molecule has 0 bridgehead atoms. The van der Waals surface area contributed by atoms with E-state index < -0.39 is 0 Å². The summed E-state index contributed by atoms with van der Waals surface area (Å²) in [5, 5.41) is 3.19. The molecule has 0 aromatic carbocycles. The van der Waals surface area contributed by atoms with Crippen molar-refractivity contribution in [1.29, 1.82) is 0 Å². The summed E-state index contributed by atoms with van der Waals surface area (Å²) in [6.07, 6.45) is 5.21. The second-order valence-corrected chi connectivity index (χ2v) is 4.83. The molecule has 1 nitrogen and oxygen atoms in total. The van der Waals surface area contributed by atoms with Gasteiger partial charge in [-0.1, -0.05) is 0 Å². The molecule has 0 atom stereocenters. The van der Waals surface area contributed by atoms with Gasteiger partial charge in [0.1, 0.15) is 0 Å². The van der Waals surface area contributed by atoms with Gasteiger partial charge in [0.25, 0.3) is 0 Å². The fourth-order valence-corrected chi connectivity index (χ4v) is 1.47. The summed E-state index contributed by atoms with van der Waals surface area (Å²) in [5.41, 5.74) is 0. The van der Waals surface area contributed by atoms with Gasteiger partial charge in [0.05, 0.1) is 0 Å². The van der Waals surface area contributed by atoms with Crippen LogP contribution < -0.4 is 5.32 Å². The van der Waals surface area contributed by atoms with Crippen LogP contribution in [0, 0.1) is 0 Å². The molecule has 0 heterocycles. The Morgan fingerprint density at radius 2 is 2.18 bits per heavy atom. The molecule has 0 aliphatic heterocycles. The number of thiocarbonyl (C=S) groups is 1. The molecule has 0 unspecified atom stereocenters. The minimum absolute atomic E-state index is 0.922. The van der Waals surface area contributed by atoms with Crippen molar-refractivity contribution < 1.29 is 18.5 Å². The van der Waals surface area contributed by atoms with Gasteiger partial charge in [-0.3, -0.25) is 0 Å². The zero-order chi connectivity index (χ0) is 8.53. The first-order valence-electron chi connectivity index (χ1n) is 3.89. The van der Waals surface area contributed by atoms with Crippen LogP contribution in [0.3, 0.4) is 0 Å². The summed E-state index contributed by atoms with van der Waals surface area (Å²) >= 11 is 6.92. The zero-order valence-electron chi connectivity index (χ0n) is 6.76. The Kier molecular flexibility index (Phi) is 9.78. The van der Waals surface area contributed by atoms with Crippen LogP contribution in [0.5, 0.6) is 0 Å². The summed E-state index contributed by atoms with van der Waals surface area (Å²) < 4.78 is 0.922. The number of hydrogen-bond donors (Lipinski definition) is 1. The maximum absolute atomic E-state index is 4.99. The fraction of sp³-hybridized carbons (Fsp3) is 0.857. The van der Waals surface area contributed by atoms with E-state index in [1.807, 2.05) is 18.5 Å². The summed E-state index contributed by atoms with van der Waals surface area (Å²) in [6.45, 7) is 3.27. The summed E-state index contributed by atoms with van der Waals surface area (Å²) in [4.78, 5) is 0. The normalized spacial score (nSPS) is 9.55. The molecule has 0 saturated heterocycles. The van der Waals surface area contributed by atoms with Crippen LogP contribution in [0.2, 0.25) is 0 Å². The number of rotatable bonds is 5. The van der Waals surface area contributed by atoms with E-state index in [0.717, 1.165) is 10.9 Å². The van der Waals surface area contributed by atoms with Gasteiger partial charge in [0.15, 0.2) is 0 Å². The van der Waals surface area contributed by atoms with E-state index in [1.165, 1.54) is 25.7 Å². The van der Waals surface area contributed by atoms with E-state index >= 15 is 0 Å². The van der Waals surface area contributed by atoms with Crippen molar-refractivity contribution in [3.05, 3.63) is 0 Å². The summed E-state index contributed by atoms with van der Waals surface area (Å²) in [6, 6.07) is 0. The molecule has 1 N–H and O–H groups in total. The second-order valence-electron chi connectivity index (χ2n) is 2.36. The SMILES string of the molecule is CCCCCCNC(=S)[S][Mo]. The van der Waals surface area contributed by atoms with Gasteiger partial charge in [-0.25, -0.2) is 0 Å². The van der Waals surface area contributed by atoms with Crippen LogP contribution in [0.25, 0.3) is 0 Å². The van der Waals surface area contributed by atoms with Crippen molar-refractivity contribution in [3.63, 3.8) is 0 Å². The third-order valence-corrected chi connectivity index (χ3v) is 4.14. The van der Waals surface area contributed by atoms with Gasteiger partial charge >= 0.3 is 89.0 Å². The summed E-state index contributed by atoms with van der Waals surface area (Å²) in [5.74, 6) is 0.